The zero-order valence-corrected chi connectivity index (χ0v) is 42.3. The van der Waals surface area contributed by atoms with Gasteiger partial charge in [0.05, 0.1) is 18.3 Å². The van der Waals surface area contributed by atoms with E-state index in [1.54, 1.807) is 25.7 Å². The van der Waals surface area contributed by atoms with Gasteiger partial charge < -0.3 is 39.1 Å². The predicted octanol–water partition coefficient (Wildman–Crippen LogP) is 12.4. The van der Waals surface area contributed by atoms with Crippen LogP contribution >= 0.6 is 0 Å². The lowest BCUT2D eigenvalue weighted by molar-refractivity contribution is -0.199. The molecule has 1 amide bonds. The van der Waals surface area contributed by atoms with Crippen LogP contribution in [0.1, 0.15) is 249 Å². The Kier molecular flexibility index (Phi) is 44.5. The second-order valence-electron chi connectivity index (χ2n) is 17.8. The minimum Gasteiger partial charge on any atom is -0.458 e. The molecule has 0 aromatic rings. The molecular formula is C52H102N2O8. The fourth-order valence-electron chi connectivity index (χ4n) is 7.88. The fraction of sp³-hybridized carbons (Fsp3) is 0.923. The summed E-state index contributed by atoms with van der Waals surface area (Å²) < 4.78 is 17.7. The highest BCUT2D eigenvalue weighted by Gasteiger charge is 2.35. The number of aliphatic hydroxyl groups excluding tert-OH is 1. The molecule has 1 aliphatic heterocycles. The van der Waals surface area contributed by atoms with E-state index in [0.29, 0.717) is 25.9 Å². The lowest BCUT2D eigenvalue weighted by Gasteiger charge is -2.34. The number of likely N-dealkylation sites (N-methyl/N-ethyl adjacent to an activating group) is 1. The number of amides is 1. The van der Waals surface area contributed by atoms with Crippen LogP contribution in [0.3, 0.4) is 0 Å². The molecule has 62 heavy (non-hydrogen) atoms. The van der Waals surface area contributed by atoms with Gasteiger partial charge >= 0.3 is 5.97 Å². The van der Waals surface area contributed by atoms with E-state index in [1.165, 1.54) is 57.8 Å². The van der Waals surface area contributed by atoms with Gasteiger partial charge in [0.15, 0.2) is 6.10 Å². The monoisotopic (exact) mass is 883 g/mol. The van der Waals surface area contributed by atoms with E-state index >= 15 is 0 Å². The molecule has 0 aromatic heterocycles. The molecule has 0 radical (unpaired) electrons. The molecule has 1 heterocycles. The van der Waals surface area contributed by atoms with Gasteiger partial charge in [-0.05, 0) is 99.6 Å². The van der Waals surface area contributed by atoms with Crippen molar-refractivity contribution < 1.29 is 38.5 Å². The second kappa shape index (κ2) is 44.3. The Balaban J connectivity index is 0. The lowest BCUT2D eigenvalue weighted by atomic mass is 9.98. The van der Waals surface area contributed by atoms with Crippen LogP contribution < -0.4 is 5.32 Å². The zero-order chi connectivity index (χ0) is 46.8. The maximum atomic E-state index is 12.6. The average molecular weight is 883 g/mol. The van der Waals surface area contributed by atoms with Gasteiger partial charge in [0.1, 0.15) is 23.8 Å². The van der Waals surface area contributed by atoms with Crippen molar-refractivity contribution in [2.24, 2.45) is 0 Å². The molecule has 0 bridgehead atoms. The molecule has 1 aliphatic rings. The number of hydrogen-bond donors (Lipinski definition) is 2. The largest absolute Gasteiger partial charge is 0.458 e. The Bertz CT molecular complexity index is 1050. The third-order valence-corrected chi connectivity index (χ3v) is 11.9. The second-order valence-corrected chi connectivity index (χ2v) is 17.8. The molecule has 1 saturated heterocycles. The summed E-state index contributed by atoms with van der Waals surface area (Å²) in [5.41, 5.74) is 0. The molecule has 368 valence electrons. The van der Waals surface area contributed by atoms with Crippen LogP contribution in [0.2, 0.25) is 0 Å². The number of Topliss-reactive ketones (excluding diaryl/α,β-unsaturated/α-hetero) is 2. The standard InChI is InChI=1S/C26H51NO4.C22H40O4.C4H11N/c1-6-9-10-11-14-17-20-24(29)25(21-18-15-12-13-16-19-22(4)28)31-23(5)26(30)27(7-2)8-3;1-4-5-6-7-10-14-17-21-20(25-19(3)22(24)26-21)16-13-11-8-9-12-15-18(2)23;1-3-5-4-2/h23-25,29H,6-21H2,1-5H3;19-21H,4-17H2,1-3H3;5H,3-4H2,1-2H3. The van der Waals surface area contributed by atoms with Crippen molar-refractivity contribution in [2.75, 3.05) is 26.2 Å². The summed E-state index contributed by atoms with van der Waals surface area (Å²) >= 11 is 0. The van der Waals surface area contributed by atoms with Crippen LogP contribution in [-0.2, 0) is 33.4 Å². The number of cyclic esters (lactones) is 1. The van der Waals surface area contributed by atoms with Crippen molar-refractivity contribution in [1.29, 1.82) is 0 Å². The minimum atomic E-state index is -0.528. The van der Waals surface area contributed by atoms with Gasteiger partial charge in [-0.25, -0.2) is 4.79 Å². The maximum Gasteiger partial charge on any atom is 0.335 e. The molecule has 10 nitrogen and oxygen atoms in total. The van der Waals surface area contributed by atoms with E-state index in [1.807, 2.05) is 20.8 Å². The van der Waals surface area contributed by atoms with Crippen LogP contribution in [0.5, 0.6) is 0 Å². The molecule has 6 atom stereocenters. The highest BCUT2D eigenvalue weighted by molar-refractivity contribution is 5.80. The first-order valence-electron chi connectivity index (χ1n) is 26.0. The topological polar surface area (TPSA) is 131 Å². The van der Waals surface area contributed by atoms with Crippen LogP contribution in [0.15, 0.2) is 0 Å². The first kappa shape index (κ1) is 62.2. The van der Waals surface area contributed by atoms with E-state index < -0.39 is 18.3 Å². The van der Waals surface area contributed by atoms with Crippen molar-refractivity contribution in [3.63, 3.8) is 0 Å². The molecular weight excluding hydrogens is 781 g/mol. The molecule has 0 saturated carbocycles. The number of nitrogens with zero attached hydrogens (tertiary/aromatic N) is 1. The summed E-state index contributed by atoms with van der Waals surface area (Å²) in [6.45, 7) is 23.0. The van der Waals surface area contributed by atoms with Gasteiger partial charge in [-0.3, -0.25) is 4.79 Å². The number of ether oxygens (including phenoxy) is 3. The molecule has 0 aliphatic carbocycles. The number of carbonyl (C=O) groups excluding carboxylic acids is 4. The minimum absolute atomic E-state index is 0.00555. The van der Waals surface area contributed by atoms with Gasteiger partial charge in [0.2, 0.25) is 0 Å². The Labute approximate surface area is 382 Å². The molecule has 0 spiro atoms. The normalized spacial score (nSPS) is 17.5. The lowest BCUT2D eigenvalue weighted by Crippen LogP contribution is -2.45. The Morgan fingerprint density at radius 3 is 1.48 bits per heavy atom. The highest BCUT2D eigenvalue weighted by atomic mass is 16.6. The summed E-state index contributed by atoms with van der Waals surface area (Å²) in [5, 5.41) is 13.9. The number of nitrogens with one attached hydrogen (secondary N) is 1. The maximum absolute atomic E-state index is 12.6. The smallest absolute Gasteiger partial charge is 0.335 e. The van der Waals surface area contributed by atoms with Crippen molar-refractivity contribution in [3.05, 3.63) is 0 Å². The zero-order valence-electron chi connectivity index (χ0n) is 42.3. The van der Waals surface area contributed by atoms with Crippen molar-refractivity contribution >= 4 is 23.4 Å². The quantitative estimate of drug-likeness (QED) is 0.0459. The third-order valence-electron chi connectivity index (χ3n) is 11.9. The number of unbranched alkanes of at least 4 members (excludes halogenated alkanes) is 18. The van der Waals surface area contributed by atoms with Crippen molar-refractivity contribution in [1.82, 2.24) is 10.2 Å². The molecule has 6 unspecified atom stereocenters. The molecule has 0 aromatic carbocycles. The predicted molar refractivity (Wildman–Crippen MR) is 259 cm³/mol. The average Bonchev–Trinajstić information content (AvgIpc) is 3.24. The van der Waals surface area contributed by atoms with E-state index in [-0.39, 0.29) is 41.8 Å². The SMILES string of the molecule is CCCCCCCCC(O)C(CCCCCCCC(C)=O)OC(C)C(=O)N(CC)CC.CCCCCCCCC1OC(=O)C(C)OC1CCCCCCCC(C)=O.CCNCC. The number of rotatable bonds is 38. The highest BCUT2D eigenvalue weighted by Crippen LogP contribution is 2.26. The summed E-state index contributed by atoms with van der Waals surface area (Å²) in [6, 6.07) is 0. The summed E-state index contributed by atoms with van der Waals surface area (Å²) in [7, 11) is 0. The fourth-order valence-corrected chi connectivity index (χ4v) is 7.88. The van der Waals surface area contributed by atoms with Gasteiger partial charge in [-0.1, -0.05) is 150 Å². The summed E-state index contributed by atoms with van der Waals surface area (Å²) in [6.07, 6.45) is 28.4. The molecule has 2 N–H and O–H groups in total. The van der Waals surface area contributed by atoms with Crippen LogP contribution in [0, 0.1) is 0 Å². The number of esters is 1. The number of aliphatic hydroxyl groups is 1. The molecule has 1 rings (SSSR count). The third kappa shape index (κ3) is 36.5. The van der Waals surface area contributed by atoms with E-state index in [4.69, 9.17) is 14.2 Å². The van der Waals surface area contributed by atoms with E-state index in [0.717, 1.165) is 122 Å². The van der Waals surface area contributed by atoms with E-state index in [9.17, 15) is 24.3 Å². The molecule has 10 heteroatoms. The summed E-state index contributed by atoms with van der Waals surface area (Å²) in [4.78, 5) is 48.2. The van der Waals surface area contributed by atoms with Crippen LogP contribution in [0.4, 0.5) is 0 Å². The number of ketones is 2. The van der Waals surface area contributed by atoms with Crippen molar-refractivity contribution in [2.45, 2.75) is 286 Å². The van der Waals surface area contributed by atoms with Gasteiger partial charge in [0, 0.05) is 25.9 Å². The number of carbonyl (C=O) groups is 4. The van der Waals surface area contributed by atoms with Crippen molar-refractivity contribution in [3.8, 4) is 0 Å². The first-order chi connectivity index (χ1) is 29.8. The number of hydrogen-bond acceptors (Lipinski definition) is 9. The Morgan fingerprint density at radius 1 is 0.629 bits per heavy atom. The van der Waals surface area contributed by atoms with Crippen LogP contribution in [0.25, 0.3) is 0 Å². The summed E-state index contributed by atoms with van der Waals surface area (Å²) in [5.74, 6) is 0.347. The van der Waals surface area contributed by atoms with Gasteiger partial charge in [0.25, 0.3) is 5.91 Å². The Morgan fingerprint density at radius 2 is 1.05 bits per heavy atom. The van der Waals surface area contributed by atoms with Gasteiger partial charge in [-0.15, -0.1) is 0 Å². The van der Waals surface area contributed by atoms with Crippen LogP contribution in [-0.4, -0.2) is 96.3 Å². The van der Waals surface area contributed by atoms with E-state index in [2.05, 4.69) is 33.0 Å². The first-order valence-corrected chi connectivity index (χ1v) is 26.0. The van der Waals surface area contributed by atoms with Gasteiger partial charge in [-0.2, -0.15) is 0 Å². The molecule has 1 fully saturated rings. The Hall–Kier alpha value is -1.88.